The number of para-hydroxylation sites is 1. The smallest absolute Gasteiger partial charge is 0.327 e. The summed E-state index contributed by atoms with van der Waals surface area (Å²) in [5.41, 5.74) is 28.5. The Bertz CT molecular complexity index is 3810. The number of thiol groups is 2. The molecule has 12 atom stereocenters. The number of H-pyrrole nitrogens is 1. The van der Waals surface area contributed by atoms with Gasteiger partial charge in [0.05, 0.1) is 38.3 Å². The molecule has 0 spiro atoms. The topological polar surface area (TPSA) is 733 Å². The maximum Gasteiger partial charge on any atom is 0.327 e. The van der Waals surface area contributed by atoms with E-state index in [2.05, 4.69) is 99.4 Å². The van der Waals surface area contributed by atoms with Gasteiger partial charge >= 0.3 is 17.9 Å². The fourth-order valence-electron chi connectivity index (χ4n) is 10.2. The summed E-state index contributed by atoms with van der Waals surface area (Å²) in [6.07, 6.45) is -4.22. The van der Waals surface area contributed by atoms with Gasteiger partial charge in [-0.1, -0.05) is 44.2 Å². The minimum Gasteiger partial charge on any atom is -0.508 e. The number of aromatic amines is 1. The van der Waals surface area contributed by atoms with Crippen LogP contribution in [0.25, 0.3) is 10.9 Å². The number of benzene rings is 2. The summed E-state index contributed by atoms with van der Waals surface area (Å²) in [5, 5.41) is 87.2. The van der Waals surface area contributed by atoms with E-state index in [1.165, 1.54) is 37.4 Å². The van der Waals surface area contributed by atoms with E-state index in [9.17, 15) is 102 Å². The van der Waals surface area contributed by atoms with Gasteiger partial charge in [0, 0.05) is 54.5 Å². The van der Waals surface area contributed by atoms with Crippen molar-refractivity contribution >= 4 is 149 Å². The fourth-order valence-corrected chi connectivity index (χ4v) is 10.6. The van der Waals surface area contributed by atoms with Crippen molar-refractivity contribution in [1.29, 1.82) is 10.8 Å². The first kappa shape index (κ1) is 91.2. The van der Waals surface area contributed by atoms with Crippen molar-refractivity contribution in [2.24, 2.45) is 34.6 Å². The van der Waals surface area contributed by atoms with Gasteiger partial charge in [0.1, 0.15) is 72.2 Å². The number of rotatable bonds is 48. The number of carboxylic acids is 3. The SMILES string of the molecule is CC(C)[C@H](NC(=O)[C@H](CCCNC(=N)N)NC(=O)[C@@H](N)CS)C(=O)N[C@@H](C)C(=O)N[C@@H](CCCNC(=N)N)C(=O)NCC(=O)N[C@@H](CC(=O)O)C(=O)N[C@@H](Cc1c[nH]c2ccccc12)C(=O)N[C@@H](CC(N)=O)C(=O)N[C@@H](CC(=O)O)C(=O)N[C@@H](CC(N)=O)C(=O)N[C@@H](Cc1ccc(O)cc1)C(=O)N[C@@H](CS)C(=O)O. The van der Waals surface area contributed by atoms with Crippen LogP contribution in [0, 0.1) is 16.7 Å². The zero-order valence-corrected chi connectivity index (χ0v) is 61.1. The van der Waals surface area contributed by atoms with E-state index in [1.807, 2.05) is 5.32 Å². The number of aromatic nitrogens is 1. The number of guanidine groups is 2. The first-order chi connectivity index (χ1) is 51.2. The molecular formula is C64H94N22O21S2. The van der Waals surface area contributed by atoms with Gasteiger partial charge in [-0.05, 0) is 67.9 Å². The standard InChI is InChI=1S/C64H94N22O21S2/c1-28(2)50(86-54(98)37(11-7-17-73-64(70)71)79-52(96)34(65)26-108)61(105)76-29(3)51(95)78-36(10-6-16-72-63(68)69)53(97)75-25-47(90)77-42(22-48(91)92)59(103)81-39(19-31-24-74-35-9-5-4-8-33(31)35)56(100)82-41(21-46(67)89)58(102)84-43(23-49(93)94)60(104)83-40(20-45(66)88)57(101)80-38(18-30-12-14-32(87)15-13-30)55(99)85-44(27-109)62(106)107/h4-5,8-9,12-15,24,28-29,34,36-44,50,74,87,108-109H,6-7,10-11,16-23,25-27,65H2,1-3H3,(H2,66,88)(H2,67,89)(H,75,97)(H,76,105)(H,77,90)(H,78,95)(H,79,96)(H,80,101)(H,81,103)(H,82,100)(H,83,104)(H,84,102)(H,85,99)(H,86,98)(H,91,92)(H,93,94)(H,106,107)(H4,68,69,72)(H4,70,71,73)/t29-,34-,36-,37-,38-,39-,40-,41-,42-,43-,44-,50-/m0/s1. The number of aliphatic carboxylic acids is 3. The molecule has 0 aliphatic heterocycles. The predicted molar refractivity (Wildman–Crippen MR) is 392 cm³/mol. The summed E-state index contributed by atoms with van der Waals surface area (Å²) in [7, 11) is 0. The van der Waals surface area contributed by atoms with Crippen LogP contribution in [0.1, 0.15) is 83.3 Å². The summed E-state index contributed by atoms with van der Waals surface area (Å²) in [6, 6.07) is -8.87. The van der Waals surface area contributed by atoms with E-state index in [0.29, 0.717) is 10.9 Å². The molecule has 1 aromatic heterocycles. The average Bonchev–Trinajstić information content (AvgIpc) is 1.70. The Labute approximate surface area is 633 Å². The van der Waals surface area contributed by atoms with E-state index in [0.717, 1.165) is 0 Å². The monoisotopic (exact) mass is 1570 g/mol. The highest BCUT2D eigenvalue weighted by Crippen LogP contribution is 2.20. The Morgan fingerprint density at radius 2 is 0.881 bits per heavy atom. The zero-order chi connectivity index (χ0) is 81.9. The van der Waals surface area contributed by atoms with E-state index in [-0.39, 0.29) is 67.4 Å². The molecule has 598 valence electrons. The number of hydrogen-bond acceptors (Lipinski definition) is 23. The normalized spacial score (nSPS) is 14.2. The van der Waals surface area contributed by atoms with Crippen LogP contribution in [0.2, 0.25) is 0 Å². The Hall–Kier alpha value is -12.0. The van der Waals surface area contributed by atoms with Crippen molar-refractivity contribution in [2.45, 2.75) is 157 Å². The molecule has 45 heteroatoms. The van der Waals surface area contributed by atoms with Gasteiger partial charge < -0.3 is 129 Å². The second-order valence-electron chi connectivity index (χ2n) is 25.0. The fraction of sp³-hybridized carbons (Fsp3) is 0.484. The molecule has 2 aromatic carbocycles. The van der Waals surface area contributed by atoms with Crippen molar-refractivity contribution in [3.05, 3.63) is 65.9 Å². The first-order valence-electron chi connectivity index (χ1n) is 33.5. The second kappa shape index (κ2) is 45.5. The highest BCUT2D eigenvalue weighted by atomic mass is 32.1. The molecule has 31 N–H and O–H groups in total. The van der Waals surface area contributed by atoms with Gasteiger partial charge in [-0.15, -0.1) is 0 Å². The van der Waals surface area contributed by atoms with E-state index in [1.54, 1.807) is 38.1 Å². The minimum atomic E-state index is -2.26. The molecule has 3 rings (SSSR count). The van der Waals surface area contributed by atoms with Crippen molar-refractivity contribution in [3.8, 4) is 5.75 Å². The number of carbonyl (C=O) groups is 17. The summed E-state index contributed by atoms with van der Waals surface area (Å²) in [5.74, 6) is -23.6. The highest BCUT2D eigenvalue weighted by molar-refractivity contribution is 7.80. The summed E-state index contributed by atoms with van der Waals surface area (Å²) < 4.78 is 0. The van der Waals surface area contributed by atoms with Gasteiger partial charge in [-0.2, -0.15) is 25.3 Å². The van der Waals surface area contributed by atoms with Crippen LogP contribution in [0.15, 0.2) is 54.7 Å². The lowest BCUT2D eigenvalue weighted by molar-refractivity contribution is -0.142. The van der Waals surface area contributed by atoms with Crippen molar-refractivity contribution in [1.82, 2.24) is 79.4 Å². The molecule has 0 unspecified atom stereocenters. The lowest BCUT2D eigenvalue weighted by Gasteiger charge is -2.27. The number of carbonyl (C=O) groups excluding carboxylic acids is 14. The zero-order valence-electron chi connectivity index (χ0n) is 59.3. The number of nitrogens with one attached hydrogen (secondary N) is 17. The molecule has 0 fully saturated rings. The number of aromatic hydroxyl groups is 1. The number of amides is 14. The maximum atomic E-state index is 14.6. The first-order valence-corrected chi connectivity index (χ1v) is 34.8. The van der Waals surface area contributed by atoms with Gasteiger partial charge in [-0.3, -0.25) is 87.5 Å². The number of nitrogens with two attached hydrogens (primary N) is 5. The van der Waals surface area contributed by atoms with Crippen LogP contribution >= 0.6 is 25.3 Å². The highest BCUT2D eigenvalue weighted by Gasteiger charge is 2.38. The van der Waals surface area contributed by atoms with Gasteiger partial charge in [0.15, 0.2) is 11.9 Å². The van der Waals surface area contributed by atoms with Crippen LogP contribution in [0.4, 0.5) is 0 Å². The molecule has 1 heterocycles. The predicted octanol–water partition coefficient (Wildman–Crippen LogP) is -8.72. The number of fused-ring (bicyclic) bond motifs is 1. The van der Waals surface area contributed by atoms with Crippen molar-refractivity contribution in [3.63, 3.8) is 0 Å². The number of hydrogen-bond donors (Lipinski definition) is 28. The molecule has 0 aliphatic carbocycles. The van der Waals surface area contributed by atoms with Gasteiger partial charge in [0.25, 0.3) is 0 Å². The molecule has 0 aliphatic rings. The molecule has 43 nitrogen and oxygen atoms in total. The maximum absolute atomic E-state index is 14.6. The Morgan fingerprint density at radius 1 is 0.459 bits per heavy atom. The lowest BCUT2D eigenvalue weighted by Crippen LogP contribution is -2.61. The van der Waals surface area contributed by atoms with Crippen LogP contribution < -0.4 is 103 Å². The van der Waals surface area contributed by atoms with E-state index < -0.39 is 236 Å². The van der Waals surface area contributed by atoms with Gasteiger partial charge in [0.2, 0.25) is 82.7 Å². The summed E-state index contributed by atoms with van der Waals surface area (Å²) in [4.78, 5) is 230. The second-order valence-corrected chi connectivity index (χ2v) is 25.8. The number of phenolic OH excluding ortho intramolecular Hbond substituents is 1. The molecule has 0 bridgehead atoms. The molecular weight excluding hydrogens is 1480 g/mol. The molecule has 3 aromatic rings. The number of primary amides is 2. The van der Waals surface area contributed by atoms with E-state index in [4.69, 9.17) is 39.5 Å². The largest absolute Gasteiger partial charge is 0.508 e. The quantitative estimate of drug-likeness (QED) is 0.0108. The Morgan fingerprint density at radius 3 is 1.34 bits per heavy atom. The number of carboxylic acid groups (broad SMARTS) is 3. The summed E-state index contributed by atoms with van der Waals surface area (Å²) >= 11 is 7.94. The third kappa shape index (κ3) is 32.7. The van der Waals surface area contributed by atoms with Crippen LogP contribution in [0.3, 0.4) is 0 Å². The van der Waals surface area contributed by atoms with Crippen LogP contribution in [-0.4, -0.2) is 242 Å². The van der Waals surface area contributed by atoms with Crippen molar-refractivity contribution < 1.29 is 102 Å². The summed E-state index contributed by atoms with van der Waals surface area (Å²) in [6.45, 7) is 3.46. The molecule has 0 saturated carbocycles. The minimum absolute atomic E-state index is 0.00600. The number of phenols is 1. The molecule has 14 amide bonds. The molecule has 0 saturated heterocycles. The Balaban J connectivity index is 1.92. The van der Waals surface area contributed by atoms with E-state index >= 15 is 0 Å². The Kier molecular flexibility index (Phi) is 38.0. The third-order valence-electron chi connectivity index (χ3n) is 15.8. The van der Waals surface area contributed by atoms with Crippen LogP contribution in [0.5, 0.6) is 5.75 Å². The average molecular weight is 1570 g/mol. The van der Waals surface area contributed by atoms with Gasteiger partial charge in [-0.25, -0.2) is 4.79 Å². The molecule has 0 radical (unpaired) electrons. The lowest BCUT2D eigenvalue weighted by atomic mass is 10.0. The van der Waals surface area contributed by atoms with Crippen molar-refractivity contribution in [2.75, 3.05) is 31.1 Å². The third-order valence-corrected chi connectivity index (χ3v) is 16.6. The molecule has 109 heavy (non-hydrogen) atoms. The van der Waals surface area contributed by atoms with Crippen LogP contribution in [-0.2, 0) is 94.3 Å².